The van der Waals surface area contributed by atoms with E-state index in [-0.39, 0.29) is 17.3 Å². The predicted octanol–water partition coefficient (Wildman–Crippen LogP) is 4.12. The molecule has 0 aromatic heterocycles. The summed E-state index contributed by atoms with van der Waals surface area (Å²) in [6, 6.07) is 18.6. The average Bonchev–Trinajstić information content (AvgIpc) is 3.08. The normalized spacial score (nSPS) is 14.6. The van der Waals surface area contributed by atoms with E-state index in [1.807, 2.05) is 42.5 Å². The van der Waals surface area contributed by atoms with Crippen molar-refractivity contribution in [2.45, 2.75) is 6.92 Å². The number of esters is 2. The summed E-state index contributed by atoms with van der Waals surface area (Å²) < 4.78 is 15.7. The molecule has 144 valence electrons. The molecule has 0 saturated heterocycles. The summed E-state index contributed by atoms with van der Waals surface area (Å²) in [7, 11) is 1.48. The van der Waals surface area contributed by atoms with Crippen LogP contribution < -0.4 is 9.47 Å². The number of carbonyl (C=O) groups excluding carboxylic acids is 2. The summed E-state index contributed by atoms with van der Waals surface area (Å²) >= 11 is 0. The number of hydrogen-bond donors (Lipinski definition) is 0. The van der Waals surface area contributed by atoms with Gasteiger partial charge in [-0.15, -0.1) is 0 Å². The van der Waals surface area contributed by atoms with Crippen molar-refractivity contribution in [2.75, 3.05) is 7.11 Å². The lowest BCUT2D eigenvalue weighted by molar-refractivity contribution is -0.132. The maximum Gasteiger partial charge on any atom is 0.363 e. The van der Waals surface area contributed by atoms with Gasteiger partial charge < -0.3 is 14.2 Å². The molecule has 0 aliphatic carbocycles. The van der Waals surface area contributed by atoms with E-state index in [1.165, 1.54) is 14.0 Å². The molecule has 0 spiro atoms. The fraction of sp³-hybridized carbons (Fsp3) is 0.0870. The van der Waals surface area contributed by atoms with Gasteiger partial charge in [-0.3, -0.25) is 4.79 Å². The number of aliphatic imine (C=N–C) groups is 1. The molecule has 29 heavy (non-hydrogen) atoms. The van der Waals surface area contributed by atoms with E-state index in [0.29, 0.717) is 11.3 Å². The Kier molecular flexibility index (Phi) is 4.83. The zero-order valence-corrected chi connectivity index (χ0v) is 15.8. The van der Waals surface area contributed by atoms with Crippen LogP contribution in [0.15, 0.2) is 71.4 Å². The molecule has 1 heterocycles. The van der Waals surface area contributed by atoms with Crippen molar-refractivity contribution < 1.29 is 23.8 Å². The highest BCUT2D eigenvalue weighted by atomic mass is 16.6. The zero-order chi connectivity index (χ0) is 20.4. The highest BCUT2D eigenvalue weighted by Crippen LogP contribution is 2.30. The number of nitrogens with zero attached hydrogens (tertiary/aromatic N) is 1. The topological polar surface area (TPSA) is 74.2 Å². The number of hydrogen-bond acceptors (Lipinski definition) is 6. The van der Waals surface area contributed by atoms with Crippen LogP contribution in [-0.4, -0.2) is 24.9 Å². The minimum absolute atomic E-state index is 0.159. The van der Waals surface area contributed by atoms with Gasteiger partial charge in [-0.2, -0.15) is 0 Å². The van der Waals surface area contributed by atoms with E-state index >= 15 is 0 Å². The maximum absolute atomic E-state index is 12.3. The summed E-state index contributed by atoms with van der Waals surface area (Å²) in [4.78, 5) is 27.9. The van der Waals surface area contributed by atoms with Crippen molar-refractivity contribution in [3.8, 4) is 11.5 Å². The summed E-state index contributed by atoms with van der Waals surface area (Å²) in [6.45, 7) is 1.30. The smallest absolute Gasteiger partial charge is 0.363 e. The molecular formula is C23H17NO5. The van der Waals surface area contributed by atoms with Gasteiger partial charge in [-0.1, -0.05) is 36.4 Å². The third kappa shape index (κ3) is 3.87. The Balaban J connectivity index is 1.67. The highest BCUT2D eigenvalue weighted by molar-refractivity contribution is 6.13. The second-order valence-electron chi connectivity index (χ2n) is 6.40. The van der Waals surface area contributed by atoms with Crippen molar-refractivity contribution in [1.29, 1.82) is 0 Å². The summed E-state index contributed by atoms with van der Waals surface area (Å²) in [6.07, 6.45) is 1.57. The van der Waals surface area contributed by atoms with Crippen LogP contribution in [-0.2, 0) is 14.3 Å². The Labute approximate surface area is 167 Å². The zero-order valence-electron chi connectivity index (χ0n) is 15.8. The van der Waals surface area contributed by atoms with Gasteiger partial charge in [-0.05, 0) is 46.7 Å². The molecule has 0 N–H and O–H groups in total. The highest BCUT2D eigenvalue weighted by Gasteiger charge is 2.24. The third-order valence-corrected chi connectivity index (χ3v) is 4.36. The molecular weight excluding hydrogens is 370 g/mol. The Hall–Kier alpha value is -3.93. The van der Waals surface area contributed by atoms with Crippen molar-refractivity contribution in [3.05, 3.63) is 77.5 Å². The molecule has 6 heteroatoms. The van der Waals surface area contributed by atoms with Crippen LogP contribution in [0.3, 0.4) is 0 Å². The van der Waals surface area contributed by atoms with Gasteiger partial charge in [0.2, 0.25) is 5.90 Å². The molecule has 1 aliphatic rings. The van der Waals surface area contributed by atoms with E-state index < -0.39 is 11.9 Å². The summed E-state index contributed by atoms with van der Waals surface area (Å²) in [5.74, 6) is -0.0834. The predicted molar refractivity (Wildman–Crippen MR) is 109 cm³/mol. The Bertz CT molecular complexity index is 1190. The molecule has 0 radical (unpaired) electrons. The van der Waals surface area contributed by atoms with Crippen LogP contribution in [0.4, 0.5) is 0 Å². The van der Waals surface area contributed by atoms with E-state index in [1.54, 1.807) is 24.3 Å². The van der Waals surface area contributed by atoms with Gasteiger partial charge in [0.25, 0.3) is 0 Å². The molecule has 4 rings (SSSR count). The number of ether oxygens (including phenoxy) is 3. The van der Waals surface area contributed by atoms with Crippen LogP contribution in [0.1, 0.15) is 18.1 Å². The van der Waals surface area contributed by atoms with Crippen LogP contribution >= 0.6 is 0 Å². The SMILES string of the molecule is COc1ccc(C=C2N=C(c3ccc4ccccc4c3)OC2=O)cc1OC(C)=O. The molecule has 0 unspecified atom stereocenters. The maximum atomic E-state index is 12.3. The van der Waals surface area contributed by atoms with Crippen molar-refractivity contribution in [3.63, 3.8) is 0 Å². The molecule has 3 aromatic carbocycles. The largest absolute Gasteiger partial charge is 0.493 e. The minimum Gasteiger partial charge on any atom is -0.493 e. The molecule has 0 saturated carbocycles. The average molecular weight is 387 g/mol. The number of rotatable bonds is 4. The van der Waals surface area contributed by atoms with Gasteiger partial charge in [0.15, 0.2) is 17.2 Å². The first-order chi connectivity index (χ1) is 14.0. The first-order valence-corrected chi connectivity index (χ1v) is 8.92. The van der Waals surface area contributed by atoms with Crippen LogP contribution in [0.5, 0.6) is 11.5 Å². The molecule has 0 amide bonds. The third-order valence-electron chi connectivity index (χ3n) is 4.36. The Morgan fingerprint density at radius 3 is 2.55 bits per heavy atom. The van der Waals surface area contributed by atoms with Crippen molar-refractivity contribution in [1.82, 2.24) is 0 Å². The van der Waals surface area contributed by atoms with Crippen molar-refractivity contribution in [2.24, 2.45) is 4.99 Å². The van der Waals surface area contributed by atoms with Crippen molar-refractivity contribution >= 4 is 34.7 Å². The van der Waals surface area contributed by atoms with Crippen LogP contribution in [0.2, 0.25) is 0 Å². The fourth-order valence-corrected chi connectivity index (χ4v) is 3.03. The van der Waals surface area contributed by atoms with E-state index in [0.717, 1.165) is 16.3 Å². The quantitative estimate of drug-likeness (QED) is 0.382. The van der Waals surface area contributed by atoms with Crippen LogP contribution in [0.25, 0.3) is 16.8 Å². The number of methoxy groups -OCH3 is 1. The minimum atomic E-state index is -0.544. The summed E-state index contributed by atoms with van der Waals surface area (Å²) in [5, 5.41) is 2.12. The van der Waals surface area contributed by atoms with Crippen LogP contribution in [0, 0.1) is 0 Å². The number of benzene rings is 3. The van der Waals surface area contributed by atoms with E-state index in [9.17, 15) is 9.59 Å². The second kappa shape index (κ2) is 7.59. The van der Waals surface area contributed by atoms with E-state index in [2.05, 4.69) is 4.99 Å². The summed E-state index contributed by atoms with van der Waals surface area (Å²) in [5.41, 5.74) is 1.50. The van der Waals surface area contributed by atoms with Gasteiger partial charge in [0, 0.05) is 12.5 Å². The first kappa shape index (κ1) is 18.4. The molecule has 0 fully saturated rings. The lowest BCUT2D eigenvalue weighted by Crippen LogP contribution is -2.05. The second-order valence-corrected chi connectivity index (χ2v) is 6.40. The Morgan fingerprint density at radius 1 is 1.00 bits per heavy atom. The van der Waals surface area contributed by atoms with Gasteiger partial charge >= 0.3 is 11.9 Å². The molecule has 0 bridgehead atoms. The van der Waals surface area contributed by atoms with Gasteiger partial charge in [-0.25, -0.2) is 9.79 Å². The monoisotopic (exact) mass is 387 g/mol. The van der Waals surface area contributed by atoms with Gasteiger partial charge in [0.05, 0.1) is 7.11 Å². The lowest BCUT2D eigenvalue weighted by Gasteiger charge is -2.08. The first-order valence-electron chi connectivity index (χ1n) is 8.92. The number of carbonyl (C=O) groups is 2. The molecule has 1 aliphatic heterocycles. The lowest BCUT2D eigenvalue weighted by atomic mass is 10.1. The Morgan fingerprint density at radius 2 is 1.79 bits per heavy atom. The number of cyclic esters (lactones) is 1. The van der Waals surface area contributed by atoms with Gasteiger partial charge in [0.1, 0.15) is 0 Å². The molecule has 3 aromatic rings. The van der Waals surface area contributed by atoms with E-state index in [4.69, 9.17) is 14.2 Å². The standard InChI is InChI=1S/C23H17NO5/c1-14(25)28-21-12-15(7-10-20(21)27-2)11-19-23(26)29-22(24-19)18-9-8-16-5-3-4-6-17(16)13-18/h3-13H,1-2H3. The molecule has 0 atom stereocenters. The number of fused-ring (bicyclic) bond motifs is 1. The fourth-order valence-electron chi connectivity index (χ4n) is 3.03. The molecule has 6 nitrogen and oxygen atoms in total.